The van der Waals surface area contributed by atoms with Gasteiger partial charge in [-0.1, -0.05) is 97.1 Å². The van der Waals surface area contributed by atoms with Crippen molar-refractivity contribution < 1.29 is 4.24 Å². The highest BCUT2D eigenvalue weighted by molar-refractivity contribution is 6.10. The summed E-state index contributed by atoms with van der Waals surface area (Å²) in [5.41, 5.74) is 12.3. The Bertz CT molecular complexity index is 2600. The fourth-order valence-corrected chi connectivity index (χ4v) is 6.98. The minimum absolute atomic E-state index is 1.18. The number of benzene rings is 6. The molecule has 0 fully saturated rings. The molecule has 2 heteroatoms. The summed E-state index contributed by atoms with van der Waals surface area (Å²) in [6, 6.07) is 57.4. The summed E-state index contributed by atoms with van der Waals surface area (Å²) in [5.74, 6) is 0. The molecule has 0 unspecified atom stereocenters. The molecule has 0 N–H and O–H groups in total. The molecule has 0 saturated carbocycles. The quantitative estimate of drug-likeness (QED) is 0.190. The Morgan fingerprint density at radius 3 is 1.91 bits per heavy atom. The van der Waals surface area contributed by atoms with Crippen LogP contribution in [0.5, 0.6) is 0 Å². The standard InChI is InChI=1S/C42H29N2/c1-28-11-10-18-39-37-25-30(21-24-40(37)44(39)41-26-31(19-22-34(28)41)29-12-4-2-5-13-29)32-20-23-36-35-16-8-9-17-38(35)43(42(36)27-32)33-14-6-3-7-15-33/h2-27H,1H3/q+1. The van der Waals surface area contributed by atoms with Crippen LogP contribution < -0.4 is 4.24 Å². The van der Waals surface area contributed by atoms with E-state index >= 15 is 0 Å². The SMILES string of the molecule is Cc1cccc2c3cc(-c4ccc5c6ccccc6n(-c6ccccc6)c5c4)ccc3[n+]=2c2cc(-c3ccccc3)ccc12. The van der Waals surface area contributed by atoms with Crippen molar-refractivity contribution in [1.82, 2.24) is 4.57 Å². The van der Waals surface area contributed by atoms with Crippen molar-refractivity contribution in [2.24, 2.45) is 0 Å². The lowest BCUT2D eigenvalue weighted by atomic mass is 9.99. The summed E-state index contributed by atoms with van der Waals surface area (Å²) < 4.78 is 4.81. The third-order valence-corrected chi connectivity index (χ3v) is 9.15. The third kappa shape index (κ3) is 3.71. The van der Waals surface area contributed by atoms with Gasteiger partial charge in [0.25, 0.3) is 0 Å². The van der Waals surface area contributed by atoms with Gasteiger partial charge >= 0.3 is 0 Å². The molecule has 0 radical (unpaired) electrons. The molecule has 0 bridgehead atoms. The third-order valence-electron chi connectivity index (χ3n) is 9.15. The van der Waals surface area contributed by atoms with Gasteiger partial charge in [-0.15, -0.1) is 0 Å². The number of nitrogens with zero attached hydrogens (tertiary/aromatic N) is 2. The first-order valence-electron chi connectivity index (χ1n) is 15.2. The van der Waals surface area contributed by atoms with E-state index in [2.05, 4.69) is 173 Å². The van der Waals surface area contributed by atoms with E-state index < -0.39 is 0 Å². The molecular weight excluding hydrogens is 532 g/mol. The maximum Gasteiger partial charge on any atom is 0.225 e. The molecule has 7 aromatic rings. The molecule has 0 spiro atoms. The van der Waals surface area contributed by atoms with Crippen LogP contribution in [0, 0.1) is 12.3 Å². The maximum absolute atomic E-state index is 2.42. The average Bonchev–Trinajstić information content (AvgIpc) is 3.40. The second-order valence-electron chi connectivity index (χ2n) is 11.7. The van der Waals surface area contributed by atoms with Gasteiger partial charge < -0.3 is 4.57 Å². The largest absolute Gasteiger partial charge is 0.309 e. The van der Waals surface area contributed by atoms with Gasteiger partial charge in [-0.2, -0.15) is 4.24 Å². The summed E-state index contributed by atoms with van der Waals surface area (Å²) in [7, 11) is 0. The predicted molar refractivity (Wildman–Crippen MR) is 183 cm³/mol. The van der Waals surface area contributed by atoms with Crippen LogP contribution in [0.4, 0.5) is 0 Å². The van der Waals surface area contributed by atoms with E-state index in [1.165, 1.54) is 82.5 Å². The van der Waals surface area contributed by atoms with Crippen molar-refractivity contribution in [2.45, 2.75) is 6.92 Å². The van der Waals surface area contributed by atoms with Crippen LogP contribution in [0.15, 0.2) is 158 Å². The van der Waals surface area contributed by atoms with Crippen LogP contribution in [0.1, 0.15) is 5.56 Å². The van der Waals surface area contributed by atoms with Gasteiger partial charge in [-0.3, -0.25) is 0 Å². The van der Waals surface area contributed by atoms with Gasteiger partial charge in [0.2, 0.25) is 16.4 Å². The van der Waals surface area contributed by atoms with Crippen LogP contribution in [0.2, 0.25) is 0 Å². The Morgan fingerprint density at radius 1 is 0.409 bits per heavy atom. The van der Waals surface area contributed by atoms with Crippen molar-refractivity contribution in [3.63, 3.8) is 0 Å². The fraction of sp³-hybridized carbons (Fsp3) is 0.0238. The van der Waals surface area contributed by atoms with Crippen molar-refractivity contribution >= 4 is 43.6 Å². The van der Waals surface area contributed by atoms with E-state index in [0.29, 0.717) is 0 Å². The molecule has 0 aliphatic carbocycles. The van der Waals surface area contributed by atoms with Gasteiger partial charge in [0.1, 0.15) is 5.39 Å². The van der Waals surface area contributed by atoms with E-state index in [0.717, 1.165) is 0 Å². The minimum Gasteiger partial charge on any atom is -0.309 e. The van der Waals surface area contributed by atoms with Gasteiger partial charge in [-0.25, -0.2) is 0 Å². The molecule has 1 aromatic heterocycles. The maximum atomic E-state index is 2.42. The molecule has 2 nitrogen and oxygen atoms in total. The van der Waals surface area contributed by atoms with Gasteiger partial charge in [0.05, 0.1) is 11.0 Å². The van der Waals surface area contributed by atoms with Crippen molar-refractivity contribution in [2.75, 3.05) is 0 Å². The van der Waals surface area contributed by atoms with Gasteiger partial charge in [0, 0.05) is 40.0 Å². The minimum atomic E-state index is 1.18. The predicted octanol–water partition coefficient (Wildman–Crippen LogP) is 10.3. The Balaban J connectivity index is 1.27. The Morgan fingerprint density at radius 2 is 1.07 bits per heavy atom. The Kier molecular flexibility index (Phi) is 5.45. The Hall–Kier alpha value is -5.73. The lowest BCUT2D eigenvalue weighted by Crippen LogP contribution is -2.25. The van der Waals surface area contributed by atoms with Gasteiger partial charge in [-0.05, 0) is 77.2 Å². The number of hydrogen-bond donors (Lipinski definition) is 0. The highest BCUT2D eigenvalue weighted by atomic mass is 15.0. The summed E-state index contributed by atoms with van der Waals surface area (Å²) in [6.07, 6.45) is 0. The first-order chi connectivity index (χ1) is 21.7. The first kappa shape index (κ1) is 24.8. The summed E-state index contributed by atoms with van der Waals surface area (Å²) in [5, 5.41) is 6.33. The van der Waals surface area contributed by atoms with Crippen LogP contribution in [0.25, 0.3) is 71.6 Å². The van der Waals surface area contributed by atoms with E-state index in [1.54, 1.807) is 0 Å². The van der Waals surface area contributed by atoms with Crippen LogP contribution in [-0.4, -0.2) is 4.57 Å². The smallest absolute Gasteiger partial charge is 0.225 e. The number of aryl methyl sites for hydroxylation is 1. The molecular formula is C42H29N2+. The highest BCUT2D eigenvalue weighted by Gasteiger charge is 2.21. The second kappa shape index (κ2) is 9.65. The lowest BCUT2D eigenvalue weighted by molar-refractivity contribution is -0.457. The molecule has 2 aliphatic rings. The number of aromatic nitrogens is 2. The molecule has 0 atom stereocenters. The number of fused-ring (bicyclic) bond motifs is 8. The second-order valence-corrected chi connectivity index (χ2v) is 11.7. The number of para-hydroxylation sites is 2. The highest BCUT2D eigenvalue weighted by Crippen LogP contribution is 2.35. The van der Waals surface area contributed by atoms with Crippen LogP contribution >= 0.6 is 0 Å². The van der Waals surface area contributed by atoms with E-state index in [9.17, 15) is 0 Å². The molecule has 2 aliphatic heterocycles. The fourth-order valence-electron chi connectivity index (χ4n) is 6.98. The number of rotatable bonds is 3. The topological polar surface area (TPSA) is 10.8 Å². The van der Waals surface area contributed by atoms with Crippen molar-refractivity contribution in [3.05, 3.63) is 169 Å². The zero-order valence-corrected chi connectivity index (χ0v) is 24.4. The summed E-state index contributed by atoms with van der Waals surface area (Å²) in [6.45, 7) is 2.20. The van der Waals surface area contributed by atoms with Gasteiger partial charge in [0.15, 0.2) is 0 Å². The van der Waals surface area contributed by atoms with Crippen molar-refractivity contribution in [3.8, 4) is 27.9 Å². The average molecular weight is 562 g/mol. The number of hydrogen-bond acceptors (Lipinski definition) is 0. The van der Waals surface area contributed by atoms with Crippen LogP contribution in [0.3, 0.4) is 0 Å². The molecule has 6 aromatic carbocycles. The molecule has 206 valence electrons. The molecule has 9 rings (SSSR count). The first-order valence-corrected chi connectivity index (χ1v) is 15.2. The van der Waals surface area contributed by atoms with E-state index in [-0.39, 0.29) is 0 Å². The van der Waals surface area contributed by atoms with E-state index in [4.69, 9.17) is 0 Å². The normalized spacial score (nSPS) is 11.8. The molecule has 3 heterocycles. The molecule has 44 heavy (non-hydrogen) atoms. The molecule has 0 amide bonds. The lowest BCUT2D eigenvalue weighted by Gasteiger charge is -2.10. The van der Waals surface area contributed by atoms with E-state index in [1.807, 2.05) is 0 Å². The van der Waals surface area contributed by atoms with Crippen LogP contribution in [-0.2, 0) is 0 Å². The monoisotopic (exact) mass is 561 g/mol. The summed E-state index contributed by atoms with van der Waals surface area (Å²) >= 11 is 0. The van der Waals surface area contributed by atoms with Crippen molar-refractivity contribution in [1.29, 1.82) is 0 Å². The zero-order valence-electron chi connectivity index (χ0n) is 24.4. The summed E-state index contributed by atoms with van der Waals surface area (Å²) in [4.78, 5) is 0. The Labute approximate surface area is 255 Å². The zero-order chi connectivity index (χ0) is 29.2. The molecule has 0 saturated heterocycles.